The molecule has 1 aliphatic heterocycles. The molecule has 1 amide bonds. The van der Waals surface area contributed by atoms with Crippen molar-refractivity contribution in [1.29, 1.82) is 0 Å². The summed E-state index contributed by atoms with van der Waals surface area (Å²) in [7, 11) is 2.13. The van der Waals surface area contributed by atoms with Crippen LogP contribution in [-0.4, -0.2) is 49.2 Å². The number of amides is 1. The van der Waals surface area contributed by atoms with Gasteiger partial charge in [0.1, 0.15) is 0 Å². The first-order valence-electron chi connectivity index (χ1n) is 8.21. The zero-order valence-electron chi connectivity index (χ0n) is 13.9. The molecule has 2 aromatic rings. The molecule has 1 fully saturated rings. The number of carbonyl (C=O) groups is 1. The smallest absolute Gasteiger partial charge is 0.255 e. The predicted molar refractivity (Wildman–Crippen MR) is 94.4 cm³/mol. The Bertz CT molecular complexity index is 682. The van der Waals surface area contributed by atoms with Crippen LogP contribution in [0, 0.1) is 0 Å². The van der Waals surface area contributed by atoms with E-state index >= 15 is 0 Å². The van der Waals surface area contributed by atoms with E-state index in [0.29, 0.717) is 0 Å². The van der Waals surface area contributed by atoms with Gasteiger partial charge in [0.25, 0.3) is 5.91 Å². The highest BCUT2D eigenvalue weighted by molar-refractivity contribution is 5.86. The van der Waals surface area contributed by atoms with Gasteiger partial charge in [-0.3, -0.25) is 10.0 Å². The van der Waals surface area contributed by atoms with Gasteiger partial charge in [-0.05, 0) is 30.3 Å². The van der Waals surface area contributed by atoms with Gasteiger partial charge < -0.3 is 9.80 Å². The minimum absolute atomic E-state index is 0.420. The quantitative estimate of drug-likeness (QED) is 0.667. The zero-order valence-corrected chi connectivity index (χ0v) is 13.9. The van der Waals surface area contributed by atoms with Gasteiger partial charge in [-0.1, -0.05) is 42.5 Å². The van der Waals surface area contributed by atoms with Crippen LogP contribution >= 0.6 is 0 Å². The van der Waals surface area contributed by atoms with Gasteiger partial charge in [-0.25, -0.2) is 5.48 Å². The van der Waals surface area contributed by atoms with E-state index in [1.165, 1.54) is 0 Å². The predicted octanol–water partition coefficient (Wildman–Crippen LogP) is 2.08. The summed E-state index contributed by atoms with van der Waals surface area (Å²) in [5.74, 6) is -0.944. The molecule has 126 valence electrons. The second-order valence-corrected chi connectivity index (χ2v) is 6.21. The van der Waals surface area contributed by atoms with Crippen molar-refractivity contribution in [3.05, 3.63) is 65.7 Å². The number of likely N-dealkylation sites (N-methyl/N-ethyl adjacent to an activating group) is 1. The maximum atomic E-state index is 12.3. The van der Waals surface area contributed by atoms with E-state index in [2.05, 4.69) is 29.0 Å². The van der Waals surface area contributed by atoms with Crippen LogP contribution in [0.1, 0.15) is 17.0 Å². The minimum atomic E-state index is -0.524. The van der Waals surface area contributed by atoms with Gasteiger partial charge in [0.05, 0.1) is 5.92 Å². The first-order chi connectivity index (χ1) is 11.7. The van der Waals surface area contributed by atoms with E-state index in [1.54, 1.807) is 0 Å². The fraction of sp³-hybridized carbons (Fsp3) is 0.316. The molecule has 0 aliphatic carbocycles. The van der Waals surface area contributed by atoms with Crippen molar-refractivity contribution in [2.75, 3.05) is 38.1 Å². The average Bonchev–Trinajstić information content (AvgIpc) is 2.63. The molecule has 5 heteroatoms. The second kappa shape index (κ2) is 7.47. The molecule has 0 spiro atoms. The number of carbonyl (C=O) groups excluding carboxylic acids is 1. The zero-order chi connectivity index (χ0) is 16.9. The maximum Gasteiger partial charge on any atom is 0.255 e. The Morgan fingerprint density at radius 2 is 1.67 bits per heavy atom. The number of hydrogen-bond donors (Lipinski definition) is 2. The third kappa shape index (κ3) is 3.58. The number of piperazine rings is 1. The summed E-state index contributed by atoms with van der Waals surface area (Å²) >= 11 is 0. The van der Waals surface area contributed by atoms with Crippen molar-refractivity contribution in [2.45, 2.75) is 5.92 Å². The van der Waals surface area contributed by atoms with E-state index in [9.17, 15) is 4.79 Å². The Morgan fingerprint density at radius 3 is 2.33 bits per heavy atom. The van der Waals surface area contributed by atoms with Crippen LogP contribution in [0.5, 0.6) is 0 Å². The van der Waals surface area contributed by atoms with E-state index in [4.69, 9.17) is 5.21 Å². The molecule has 1 heterocycles. The number of anilines is 1. The topological polar surface area (TPSA) is 55.8 Å². The minimum Gasteiger partial charge on any atom is -0.369 e. The van der Waals surface area contributed by atoms with Crippen molar-refractivity contribution < 1.29 is 10.0 Å². The summed E-state index contributed by atoms with van der Waals surface area (Å²) < 4.78 is 0. The lowest BCUT2D eigenvalue weighted by Crippen LogP contribution is -2.44. The molecule has 2 N–H and O–H groups in total. The fourth-order valence-electron chi connectivity index (χ4n) is 3.17. The SMILES string of the molecule is CN1CCN(c2cccc(C(C(=O)NO)c3ccccc3)c2)CC1. The first kappa shape index (κ1) is 16.5. The summed E-state index contributed by atoms with van der Waals surface area (Å²) in [6.07, 6.45) is 0. The Kier molecular flexibility index (Phi) is 5.13. The van der Waals surface area contributed by atoms with E-state index in [1.807, 2.05) is 47.9 Å². The molecule has 0 bridgehead atoms. The highest BCUT2D eigenvalue weighted by Gasteiger charge is 2.23. The highest BCUT2D eigenvalue weighted by Crippen LogP contribution is 2.28. The number of benzene rings is 2. The molecule has 0 aromatic heterocycles. The standard InChI is InChI=1S/C19H23N3O2/c1-21-10-12-22(13-11-21)17-9-5-8-16(14-17)18(19(23)20-24)15-6-3-2-4-7-15/h2-9,14,18,24H,10-13H2,1H3,(H,20,23). The Balaban J connectivity index is 1.91. The van der Waals surface area contributed by atoms with E-state index in [-0.39, 0.29) is 0 Å². The summed E-state index contributed by atoms with van der Waals surface area (Å²) in [6, 6.07) is 17.6. The van der Waals surface area contributed by atoms with E-state index in [0.717, 1.165) is 43.0 Å². The molecule has 24 heavy (non-hydrogen) atoms. The summed E-state index contributed by atoms with van der Waals surface area (Å²) in [5, 5.41) is 9.16. The van der Waals surface area contributed by atoms with Crippen LogP contribution in [0.15, 0.2) is 54.6 Å². The van der Waals surface area contributed by atoms with Gasteiger partial charge in [0.2, 0.25) is 0 Å². The van der Waals surface area contributed by atoms with Crippen molar-refractivity contribution in [1.82, 2.24) is 10.4 Å². The van der Waals surface area contributed by atoms with Crippen molar-refractivity contribution in [2.24, 2.45) is 0 Å². The summed E-state index contributed by atoms with van der Waals surface area (Å²) in [6.45, 7) is 4.01. The normalized spacial score (nSPS) is 16.7. The number of nitrogens with one attached hydrogen (secondary N) is 1. The fourth-order valence-corrected chi connectivity index (χ4v) is 3.17. The van der Waals surface area contributed by atoms with Crippen LogP contribution in [0.4, 0.5) is 5.69 Å². The lowest BCUT2D eigenvalue weighted by molar-refractivity contribution is -0.129. The highest BCUT2D eigenvalue weighted by atomic mass is 16.5. The van der Waals surface area contributed by atoms with Crippen LogP contribution in [0.2, 0.25) is 0 Å². The van der Waals surface area contributed by atoms with Gasteiger partial charge in [0, 0.05) is 31.9 Å². The second-order valence-electron chi connectivity index (χ2n) is 6.21. The number of hydrogen-bond acceptors (Lipinski definition) is 4. The molecule has 0 radical (unpaired) electrons. The van der Waals surface area contributed by atoms with Crippen molar-refractivity contribution in [3.63, 3.8) is 0 Å². The number of nitrogens with zero attached hydrogens (tertiary/aromatic N) is 2. The molecule has 1 atom stereocenters. The third-order valence-electron chi connectivity index (χ3n) is 4.58. The Hall–Kier alpha value is -2.37. The Morgan fingerprint density at radius 1 is 1.00 bits per heavy atom. The van der Waals surface area contributed by atoms with Gasteiger partial charge in [-0.15, -0.1) is 0 Å². The third-order valence-corrected chi connectivity index (χ3v) is 4.58. The van der Waals surface area contributed by atoms with Crippen molar-refractivity contribution >= 4 is 11.6 Å². The lowest BCUT2D eigenvalue weighted by Gasteiger charge is -2.34. The van der Waals surface area contributed by atoms with Gasteiger partial charge in [-0.2, -0.15) is 0 Å². The molecular weight excluding hydrogens is 302 g/mol. The maximum absolute atomic E-state index is 12.3. The Labute approximate surface area is 142 Å². The average molecular weight is 325 g/mol. The van der Waals surface area contributed by atoms with Crippen LogP contribution < -0.4 is 10.4 Å². The molecule has 3 rings (SSSR count). The molecule has 2 aromatic carbocycles. The summed E-state index contributed by atoms with van der Waals surface area (Å²) in [5.41, 5.74) is 4.67. The lowest BCUT2D eigenvalue weighted by atomic mass is 9.90. The van der Waals surface area contributed by atoms with Gasteiger partial charge >= 0.3 is 0 Å². The van der Waals surface area contributed by atoms with Crippen LogP contribution in [0.3, 0.4) is 0 Å². The van der Waals surface area contributed by atoms with Gasteiger partial charge in [0.15, 0.2) is 0 Å². The number of rotatable bonds is 4. The van der Waals surface area contributed by atoms with E-state index < -0.39 is 11.8 Å². The van der Waals surface area contributed by atoms with Crippen molar-refractivity contribution in [3.8, 4) is 0 Å². The molecule has 1 aliphatic rings. The summed E-state index contributed by atoms with van der Waals surface area (Å²) in [4.78, 5) is 16.9. The first-order valence-corrected chi connectivity index (χ1v) is 8.21. The molecule has 5 nitrogen and oxygen atoms in total. The number of hydroxylamine groups is 1. The molecule has 1 unspecified atom stereocenters. The molecule has 1 saturated heterocycles. The van der Waals surface area contributed by atoms with Crippen LogP contribution in [-0.2, 0) is 4.79 Å². The molecule has 0 saturated carbocycles. The molecular formula is C19H23N3O2. The largest absolute Gasteiger partial charge is 0.369 e. The van der Waals surface area contributed by atoms with Crippen LogP contribution in [0.25, 0.3) is 0 Å². The monoisotopic (exact) mass is 325 g/mol.